The van der Waals surface area contributed by atoms with Crippen molar-refractivity contribution in [1.82, 2.24) is 10.2 Å². The first-order valence-corrected chi connectivity index (χ1v) is 16.9. The molecule has 3 N–H and O–H groups in total. The Labute approximate surface area is 284 Å². The van der Waals surface area contributed by atoms with Crippen LogP contribution in [0.3, 0.4) is 0 Å². The van der Waals surface area contributed by atoms with E-state index >= 15 is 0 Å². The summed E-state index contributed by atoms with van der Waals surface area (Å²) in [6.45, 7) is 11.5. The molecule has 47 heavy (non-hydrogen) atoms. The number of nitrogens with one attached hydrogen (secondary N) is 2. The molecule has 3 aromatic rings. The van der Waals surface area contributed by atoms with E-state index in [1.54, 1.807) is 43.9 Å². The molecule has 0 saturated carbocycles. The number of phenolic OH excluding ortho intramolecular Hbond substituents is 1. The Bertz CT molecular complexity index is 1470. The molecule has 0 aliphatic heterocycles. The Kier molecular flexibility index (Phi) is 14.1. The van der Waals surface area contributed by atoms with Crippen LogP contribution < -0.4 is 10.6 Å². The van der Waals surface area contributed by atoms with Crippen molar-refractivity contribution >= 4 is 35.2 Å². The Morgan fingerprint density at radius 2 is 1.57 bits per heavy atom. The number of hydrogen-bond acceptors (Lipinski definition) is 5. The minimum atomic E-state index is -1.06. The zero-order valence-electron chi connectivity index (χ0n) is 28.6. The maximum Gasteiger partial charge on any atom is 0.408 e. The number of carbonyl (C=O) groups is 3. The molecule has 0 heterocycles. The molecular weight excluding hydrogens is 614 g/mol. The summed E-state index contributed by atoms with van der Waals surface area (Å²) in [6, 6.07) is 17.3. The second-order valence-corrected chi connectivity index (χ2v) is 13.5. The second-order valence-electron chi connectivity index (χ2n) is 13.1. The molecule has 3 aromatic carbocycles. The first kappa shape index (κ1) is 37.4. The summed E-state index contributed by atoms with van der Waals surface area (Å²) < 4.78 is 5.55. The lowest BCUT2D eigenvalue weighted by Crippen LogP contribution is -2.53. The van der Waals surface area contributed by atoms with Gasteiger partial charge in [0.1, 0.15) is 23.4 Å². The number of phenols is 1. The number of halogens is 1. The van der Waals surface area contributed by atoms with Crippen molar-refractivity contribution in [3.63, 3.8) is 0 Å². The molecule has 0 fully saturated rings. The van der Waals surface area contributed by atoms with Gasteiger partial charge in [-0.15, -0.1) is 0 Å². The quantitative estimate of drug-likeness (QED) is 0.141. The van der Waals surface area contributed by atoms with E-state index in [-0.39, 0.29) is 12.2 Å². The number of alkyl carbamates (subject to hydrolysis) is 1. The van der Waals surface area contributed by atoms with Crippen LogP contribution in [0.1, 0.15) is 94.5 Å². The van der Waals surface area contributed by atoms with E-state index in [1.165, 1.54) is 12.1 Å². The van der Waals surface area contributed by atoms with Crippen molar-refractivity contribution in [3.8, 4) is 5.75 Å². The minimum absolute atomic E-state index is 0.0903. The number of amides is 3. The van der Waals surface area contributed by atoms with Crippen LogP contribution in [-0.2, 0) is 20.7 Å². The van der Waals surface area contributed by atoms with Gasteiger partial charge in [-0.1, -0.05) is 105 Å². The molecule has 0 aliphatic carbocycles. The molecule has 8 nitrogen and oxygen atoms in total. The number of aryl methyl sites for hydroxylation is 2. The summed E-state index contributed by atoms with van der Waals surface area (Å²) in [5, 5.41) is 16.1. The number of nitrogens with zero attached hydrogens (tertiary/aromatic N) is 1. The molecule has 2 atom stereocenters. The van der Waals surface area contributed by atoms with Crippen LogP contribution in [0.5, 0.6) is 5.75 Å². The van der Waals surface area contributed by atoms with Gasteiger partial charge in [-0.3, -0.25) is 9.59 Å². The number of rotatable bonds is 15. The van der Waals surface area contributed by atoms with E-state index < -0.39 is 35.6 Å². The summed E-state index contributed by atoms with van der Waals surface area (Å²) in [5.41, 5.74) is 2.79. The Balaban J connectivity index is 2.08. The van der Waals surface area contributed by atoms with Crippen molar-refractivity contribution in [1.29, 1.82) is 0 Å². The third-order valence-electron chi connectivity index (χ3n) is 7.79. The standard InChI is InChI=1S/C38H50ClN3O5/c1-7-8-9-10-11-12-23-42(36(45)32(40-37(46)47-38(4,5)6)25-28-19-21-30(43)22-20-28)34(29-17-13-15-26(2)24-29)35(44)41-33-27(3)16-14-18-31(33)39/h13-22,24,32,34,43H,7-12,23,25H2,1-6H3,(H,40,46)(H,41,44). The predicted octanol–water partition coefficient (Wildman–Crippen LogP) is 8.67. The molecule has 2 unspecified atom stereocenters. The lowest BCUT2D eigenvalue weighted by molar-refractivity contribution is -0.140. The van der Waals surface area contributed by atoms with Gasteiger partial charge in [-0.25, -0.2) is 4.79 Å². The van der Waals surface area contributed by atoms with Gasteiger partial charge in [0.15, 0.2) is 0 Å². The van der Waals surface area contributed by atoms with Gasteiger partial charge < -0.3 is 25.4 Å². The smallest absolute Gasteiger partial charge is 0.408 e. The largest absolute Gasteiger partial charge is 0.508 e. The molecular formula is C38H50ClN3O5. The predicted molar refractivity (Wildman–Crippen MR) is 189 cm³/mol. The number of aromatic hydroxyl groups is 1. The summed E-state index contributed by atoms with van der Waals surface area (Å²) in [5.74, 6) is -0.741. The maximum atomic E-state index is 14.8. The molecule has 0 bridgehead atoms. The van der Waals surface area contributed by atoms with E-state index in [4.69, 9.17) is 16.3 Å². The van der Waals surface area contributed by atoms with Crippen molar-refractivity contribution in [2.24, 2.45) is 0 Å². The van der Waals surface area contributed by atoms with Crippen LogP contribution in [-0.4, -0.2) is 46.1 Å². The van der Waals surface area contributed by atoms with Crippen molar-refractivity contribution < 1.29 is 24.2 Å². The minimum Gasteiger partial charge on any atom is -0.508 e. The van der Waals surface area contributed by atoms with Crippen LogP contribution in [0.15, 0.2) is 66.7 Å². The average molecular weight is 664 g/mol. The molecule has 9 heteroatoms. The number of ether oxygens (including phenoxy) is 1. The fraction of sp³-hybridized carbons (Fsp3) is 0.447. The van der Waals surface area contributed by atoms with Gasteiger partial charge >= 0.3 is 6.09 Å². The topological polar surface area (TPSA) is 108 Å². The summed E-state index contributed by atoms with van der Waals surface area (Å²) in [4.78, 5) is 43.8. The third kappa shape index (κ3) is 11.9. The van der Waals surface area contributed by atoms with Crippen LogP contribution in [0.4, 0.5) is 10.5 Å². The molecule has 0 radical (unpaired) electrons. The molecule has 3 amide bonds. The zero-order valence-corrected chi connectivity index (χ0v) is 29.3. The Hall–Kier alpha value is -4.04. The van der Waals surface area contributed by atoms with Gasteiger partial charge in [0.2, 0.25) is 5.91 Å². The molecule has 254 valence electrons. The number of unbranched alkanes of at least 4 members (excludes halogenated alkanes) is 5. The van der Waals surface area contributed by atoms with Crippen LogP contribution in [0, 0.1) is 13.8 Å². The van der Waals surface area contributed by atoms with Crippen molar-refractivity contribution in [2.75, 3.05) is 11.9 Å². The summed E-state index contributed by atoms with van der Waals surface area (Å²) in [6.07, 6.45) is 5.32. The molecule has 3 rings (SSSR count). The highest BCUT2D eigenvalue weighted by atomic mass is 35.5. The molecule has 0 saturated heterocycles. The van der Waals surface area contributed by atoms with Crippen LogP contribution in [0.2, 0.25) is 5.02 Å². The van der Waals surface area contributed by atoms with Gasteiger partial charge in [0.05, 0.1) is 10.7 Å². The lowest BCUT2D eigenvalue weighted by atomic mass is 9.98. The van der Waals surface area contributed by atoms with E-state index in [2.05, 4.69) is 17.6 Å². The fourth-order valence-corrected chi connectivity index (χ4v) is 5.71. The van der Waals surface area contributed by atoms with Gasteiger partial charge in [-0.05, 0) is 75.9 Å². The van der Waals surface area contributed by atoms with Gasteiger partial charge in [0.25, 0.3) is 5.91 Å². The number of anilines is 1. The summed E-state index contributed by atoms with van der Waals surface area (Å²) >= 11 is 6.52. The van der Waals surface area contributed by atoms with Gasteiger partial charge in [-0.2, -0.15) is 0 Å². The third-order valence-corrected chi connectivity index (χ3v) is 8.10. The maximum absolute atomic E-state index is 14.8. The molecule has 0 spiro atoms. The first-order valence-electron chi connectivity index (χ1n) is 16.5. The van der Waals surface area contributed by atoms with E-state index in [9.17, 15) is 19.5 Å². The Morgan fingerprint density at radius 1 is 0.915 bits per heavy atom. The number of hydrogen-bond donors (Lipinski definition) is 3. The normalized spacial score (nSPS) is 12.6. The monoisotopic (exact) mass is 663 g/mol. The first-order chi connectivity index (χ1) is 22.3. The molecule has 0 aliphatic rings. The van der Waals surface area contributed by atoms with Crippen LogP contribution in [0.25, 0.3) is 0 Å². The van der Waals surface area contributed by atoms with E-state index in [0.717, 1.165) is 48.8 Å². The number of carbonyl (C=O) groups excluding carboxylic acids is 3. The van der Waals surface area contributed by atoms with Crippen molar-refractivity contribution in [3.05, 3.63) is 94.0 Å². The van der Waals surface area contributed by atoms with Crippen molar-refractivity contribution in [2.45, 2.75) is 104 Å². The second kappa shape index (κ2) is 17.8. The van der Waals surface area contributed by atoms with Crippen LogP contribution >= 0.6 is 11.6 Å². The summed E-state index contributed by atoms with van der Waals surface area (Å²) in [7, 11) is 0. The number of benzene rings is 3. The average Bonchev–Trinajstić information content (AvgIpc) is 2.99. The highest BCUT2D eigenvalue weighted by Crippen LogP contribution is 2.30. The highest BCUT2D eigenvalue weighted by molar-refractivity contribution is 6.34. The van der Waals surface area contributed by atoms with Gasteiger partial charge in [0, 0.05) is 13.0 Å². The molecule has 0 aromatic heterocycles. The highest BCUT2D eigenvalue weighted by Gasteiger charge is 2.36. The lowest BCUT2D eigenvalue weighted by Gasteiger charge is -2.35. The number of para-hydroxylation sites is 1. The van der Waals surface area contributed by atoms with E-state index in [1.807, 2.05) is 50.2 Å². The fourth-order valence-electron chi connectivity index (χ4n) is 5.44. The SMILES string of the molecule is CCCCCCCCN(C(=O)C(Cc1ccc(O)cc1)NC(=O)OC(C)(C)C)C(C(=O)Nc1c(C)cccc1Cl)c1cccc(C)c1. The Morgan fingerprint density at radius 3 is 2.21 bits per heavy atom. The zero-order chi connectivity index (χ0) is 34.6. The van der Waals surface area contributed by atoms with E-state index in [0.29, 0.717) is 29.2 Å².